The third kappa shape index (κ3) is 4.47. The van der Waals surface area contributed by atoms with Crippen molar-refractivity contribution in [3.05, 3.63) is 83.7 Å². The first-order chi connectivity index (χ1) is 17.1. The molecule has 8 nitrogen and oxygen atoms in total. The number of fused-ring (bicyclic) bond motifs is 3. The van der Waals surface area contributed by atoms with Crippen molar-refractivity contribution in [2.75, 3.05) is 12.8 Å². The zero-order chi connectivity index (χ0) is 24.4. The number of nitrogens with two attached hydrogens (primary N) is 1. The van der Waals surface area contributed by atoms with Gasteiger partial charge in [-0.1, -0.05) is 37.6 Å². The monoisotopic (exact) mass is 468 g/mol. The molecule has 2 N–H and O–H groups in total. The Hall–Kier alpha value is -4.20. The Morgan fingerprint density at radius 3 is 2.51 bits per heavy atom. The zero-order valence-corrected chi connectivity index (χ0v) is 19.9. The van der Waals surface area contributed by atoms with Crippen molar-refractivity contribution in [2.45, 2.75) is 39.3 Å². The number of imidazole rings is 2. The maximum Gasteiger partial charge on any atom is 0.337 e. The second-order valence-corrected chi connectivity index (χ2v) is 8.69. The van der Waals surface area contributed by atoms with E-state index in [-0.39, 0.29) is 0 Å². The number of anilines is 1. The molecular weight excluding hydrogens is 440 g/mol. The van der Waals surface area contributed by atoms with Gasteiger partial charge in [-0.3, -0.25) is 0 Å². The van der Waals surface area contributed by atoms with Crippen LogP contribution < -0.4 is 5.73 Å². The first kappa shape index (κ1) is 22.6. The number of unbranched alkanes of at least 4 members (excludes halogenated alkanes) is 1. The second kappa shape index (κ2) is 9.58. The van der Waals surface area contributed by atoms with E-state index in [1.54, 1.807) is 18.3 Å². The molecule has 0 bridgehead atoms. The molecule has 0 unspecified atom stereocenters. The summed E-state index contributed by atoms with van der Waals surface area (Å²) in [4.78, 5) is 25.6. The van der Waals surface area contributed by atoms with Crippen LogP contribution in [0.5, 0.6) is 0 Å². The largest absolute Gasteiger partial charge is 0.465 e. The normalized spacial score (nSPS) is 11.4. The smallest absolute Gasteiger partial charge is 0.337 e. The number of carbonyl (C=O) groups excluding carboxylic acids is 1. The number of methoxy groups -OCH3 is 1. The molecule has 0 aliphatic carbocycles. The highest BCUT2D eigenvalue weighted by Crippen LogP contribution is 2.31. The van der Waals surface area contributed by atoms with E-state index in [1.165, 1.54) is 18.2 Å². The topological polar surface area (TPSA) is 101 Å². The van der Waals surface area contributed by atoms with E-state index < -0.39 is 5.97 Å². The number of carbonyl (C=O) groups is 1. The summed E-state index contributed by atoms with van der Waals surface area (Å²) in [7, 11) is 1.37. The van der Waals surface area contributed by atoms with Crippen molar-refractivity contribution in [1.29, 1.82) is 0 Å². The van der Waals surface area contributed by atoms with E-state index in [4.69, 9.17) is 15.5 Å². The molecule has 3 heterocycles. The lowest BCUT2D eigenvalue weighted by Gasteiger charge is -2.12. The number of hydrogen-bond acceptors (Lipinski definition) is 6. The predicted octanol–water partition coefficient (Wildman–Crippen LogP) is 4.59. The first-order valence-electron chi connectivity index (χ1n) is 11.8. The molecule has 0 radical (unpaired) electrons. The number of pyridine rings is 1. The van der Waals surface area contributed by atoms with Crippen LogP contribution in [0.3, 0.4) is 0 Å². The van der Waals surface area contributed by atoms with Crippen molar-refractivity contribution >= 4 is 33.7 Å². The minimum absolute atomic E-state index is 0.363. The van der Waals surface area contributed by atoms with Crippen LogP contribution in [0.15, 0.2) is 61.2 Å². The summed E-state index contributed by atoms with van der Waals surface area (Å²) in [6.45, 7) is 3.62. The lowest BCUT2D eigenvalue weighted by molar-refractivity contribution is 0.0601. The van der Waals surface area contributed by atoms with Crippen molar-refractivity contribution in [1.82, 2.24) is 24.1 Å². The fraction of sp³-hybridized carbons (Fsp3) is 0.259. The fourth-order valence-electron chi connectivity index (χ4n) is 4.42. The summed E-state index contributed by atoms with van der Waals surface area (Å²) in [5.74, 6) is 0.948. The molecule has 0 saturated heterocycles. The molecule has 0 saturated carbocycles. The standard InChI is InChI=1S/C27H28N6O2/c1-3-4-5-23-31-24-25(21-11-10-20(27(34)35-2)14-22(21)30-26(24)28)33(23)16-19-8-6-18(7-9-19)15-32-13-12-29-17-32/h6-14,17H,3-5,15-16H2,1-2H3,(H2,28,30). The molecule has 8 heteroatoms. The van der Waals surface area contributed by atoms with Crippen LogP contribution in [0.1, 0.15) is 47.1 Å². The van der Waals surface area contributed by atoms with Gasteiger partial charge >= 0.3 is 5.97 Å². The van der Waals surface area contributed by atoms with Crippen molar-refractivity contribution in [3.63, 3.8) is 0 Å². The van der Waals surface area contributed by atoms with Crippen LogP contribution in [0.25, 0.3) is 21.9 Å². The number of ether oxygens (including phenoxy) is 1. The van der Waals surface area contributed by atoms with E-state index in [0.29, 0.717) is 29.0 Å². The molecule has 0 aliphatic rings. The SMILES string of the molecule is CCCCc1nc2c(N)nc3cc(C(=O)OC)ccc3c2n1Cc1ccc(Cn2ccnc2)cc1. The maximum atomic E-state index is 12.1. The van der Waals surface area contributed by atoms with E-state index in [0.717, 1.165) is 42.5 Å². The van der Waals surface area contributed by atoms with Crippen LogP contribution in [0.2, 0.25) is 0 Å². The van der Waals surface area contributed by atoms with Gasteiger partial charge in [-0.2, -0.15) is 0 Å². The Balaban J connectivity index is 1.58. The fourth-order valence-corrected chi connectivity index (χ4v) is 4.42. The Kier molecular flexibility index (Phi) is 6.18. The van der Waals surface area contributed by atoms with Crippen LogP contribution in [0, 0.1) is 0 Å². The van der Waals surface area contributed by atoms with E-state index >= 15 is 0 Å². The third-order valence-corrected chi connectivity index (χ3v) is 6.25. The molecule has 0 atom stereocenters. The quantitative estimate of drug-likeness (QED) is 0.334. The summed E-state index contributed by atoms with van der Waals surface area (Å²) in [6, 6.07) is 14.0. The van der Waals surface area contributed by atoms with Gasteiger partial charge in [0.05, 0.1) is 30.0 Å². The van der Waals surface area contributed by atoms with Gasteiger partial charge in [-0.05, 0) is 35.7 Å². The summed E-state index contributed by atoms with van der Waals surface area (Å²) in [5.41, 5.74) is 11.5. The number of benzene rings is 2. The Bertz CT molecular complexity index is 1490. The van der Waals surface area contributed by atoms with Gasteiger partial charge < -0.3 is 19.6 Å². The highest BCUT2D eigenvalue weighted by molar-refractivity contribution is 6.08. The third-order valence-electron chi connectivity index (χ3n) is 6.25. The molecule has 178 valence electrons. The molecule has 2 aromatic carbocycles. The highest BCUT2D eigenvalue weighted by Gasteiger charge is 2.19. The van der Waals surface area contributed by atoms with E-state index in [9.17, 15) is 4.79 Å². The van der Waals surface area contributed by atoms with Gasteiger partial charge in [0.1, 0.15) is 11.3 Å². The summed E-state index contributed by atoms with van der Waals surface area (Å²) in [5, 5.41) is 0.911. The number of nitrogens with zero attached hydrogens (tertiary/aromatic N) is 5. The van der Waals surface area contributed by atoms with Crippen molar-refractivity contribution in [3.8, 4) is 0 Å². The lowest BCUT2D eigenvalue weighted by Crippen LogP contribution is -2.07. The molecular formula is C27H28N6O2. The molecule has 0 amide bonds. The minimum atomic E-state index is -0.403. The van der Waals surface area contributed by atoms with E-state index in [1.807, 2.05) is 23.2 Å². The molecule has 5 rings (SSSR count). The Labute approximate surface area is 203 Å². The number of esters is 1. The van der Waals surface area contributed by atoms with Gasteiger partial charge in [0.25, 0.3) is 0 Å². The predicted molar refractivity (Wildman–Crippen MR) is 136 cm³/mol. The molecule has 0 aliphatic heterocycles. The summed E-state index contributed by atoms with van der Waals surface area (Å²) in [6.07, 6.45) is 8.52. The first-order valence-corrected chi connectivity index (χ1v) is 11.8. The number of aromatic nitrogens is 5. The zero-order valence-electron chi connectivity index (χ0n) is 19.9. The van der Waals surface area contributed by atoms with Gasteiger partial charge in [0.2, 0.25) is 0 Å². The summed E-state index contributed by atoms with van der Waals surface area (Å²) >= 11 is 0. The van der Waals surface area contributed by atoms with Gasteiger partial charge in [-0.25, -0.2) is 19.7 Å². The molecule has 3 aromatic heterocycles. The number of aryl methyl sites for hydroxylation is 1. The number of hydrogen-bond donors (Lipinski definition) is 1. The van der Waals surface area contributed by atoms with Gasteiger partial charge in [0, 0.05) is 37.3 Å². The maximum absolute atomic E-state index is 12.1. The lowest BCUT2D eigenvalue weighted by atomic mass is 10.1. The molecule has 0 spiro atoms. The van der Waals surface area contributed by atoms with Gasteiger partial charge in [0.15, 0.2) is 5.82 Å². The highest BCUT2D eigenvalue weighted by atomic mass is 16.5. The molecule has 5 aromatic rings. The summed E-state index contributed by atoms with van der Waals surface area (Å²) < 4.78 is 9.17. The van der Waals surface area contributed by atoms with Crippen molar-refractivity contribution in [2.24, 2.45) is 0 Å². The number of rotatable bonds is 8. The average molecular weight is 469 g/mol. The Morgan fingerprint density at radius 1 is 1.06 bits per heavy atom. The second-order valence-electron chi connectivity index (χ2n) is 8.69. The van der Waals surface area contributed by atoms with Gasteiger partial charge in [-0.15, -0.1) is 0 Å². The molecule has 35 heavy (non-hydrogen) atoms. The minimum Gasteiger partial charge on any atom is -0.465 e. The number of nitrogen functional groups attached to an aromatic ring is 1. The van der Waals surface area contributed by atoms with Crippen molar-refractivity contribution < 1.29 is 9.53 Å². The van der Waals surface area contributed by atoms with Crippen LogP contribution >= 0.6 is 0 Å². The van der Waals surface area contributed by atoms with Crippen LogP contribution in [-0.4, -0.2) is 37.2 Å². The van der Waals surface area contributed by atoms with E-state index in [2.05, 4.69) is 45.7 Å². The van der Waals surface area contributed by atoms with Crippen LogP contribution in [0.4, 0.5) is 5.82 Å². The Morgan fingerprint density at radius 2 is 1.83 bits per heavy atom. The molecule has 0 fully saturated rings. The van der Waals surface area contributed by atoms with Crippen LogP contribution in [-0.2, 0) is 24.2 Å². The average Bonchev–Trinajstić information content (AvgIpc) is 3.51.